The molecule has 1 aromatic heterocycles. The summed E-state index contributed by atoms with van der Waals surface area (Å²) in [5, 5.41) is 22.4. The standard InChI is InChI=1S/C26H32N4O2.ClH/c1-5-6-7-14-30-22-11-10-21(17(2)24(22)28-29-30)23(26(3,4)25(31)32)19-9-8-18-12-13-27-16-20(18)15-19;/h5,8-11,15,23,27H,1,6-7,12-14,16H2,2-4H3,(H,31,32);1H. The predicted octanol–water partition coefficient (Wildman–Crippen LogP) is 5.02. The maximum atomic E-state index is 12.4. The van der Waals surface area contributed by atoms with E-state index in [1.807, 2.05) is 37.6 Å². The van der Waals surface area contributed by atoms with E-state index in [1.54, 1.807) is 0 Å². The average Bonchev–Trinajstić information content (AvgIpc) is 3.19. The van der Waals surface area contributed by atoms with Crippen molar-refractivity contribution in [2.45, 2.75) is 59.0 Å². The number of aliphatic carboxylic acids is 1. The Hall–Kier alpha value is -2.70. The van der Waals surface area contributed by atoms with Crippen molar-refractivity contribution in [1.29, 1.82) is 0 Å². The van der Waals surface area contributed by atoms with Gasteiger partial charge in [0.1, 0.15) is 5.52 Å². The quantitative estimate of drug-likeness (QED) is 0.358. The molecule has 1 unspecified atom stereocenters. The summed E-state index contributed by atoms with van der Waals surface area (Å²) in [5.74, 6) is -1.12. The van der Waals surface area contributed by atoms with Crippen LogP contribution in [-0.4, -0.2) is 32.6 Å². The second-order valence-corrected chi connectivity index (χ2v) is 9.31. The Morgan fingerprint density at radius 3 is 2.82 bits per heavy atom. The number of allylic oxidation sites excluding steroid dienone is 1. The van der Waals surface area contributed by atoms with E-state index in [2.05, 4.69) is 46.5 Å². The van der Waals surface area contributed by atoms with E-state index in [9.17, 15) is 9.90 Å². The van der Waals surface area contributed by atoms with Crippen LogP contribution in [0.1, 0.15) is 60.4 Å². The van der Waals surface area contributed by atoms with Crippen LogP contribution < -0.4 is 5.32 Å². The highest BCUT2D eigenvalue weighted by molar-refractivity contribution is 5.85. The average molecular weight is 469 g/mol. The van der Waals surface area contributed by atoms with E-state index >= 15 is 0 Å². The molecule has 1 aliphatic rings. The molecule has 0 saturated heterocycles. The van der Waals surface area contributed by atoms with Crippen LogP contribution in [0.25, 0.3) is 11.0 Å². The maximum absolute atomic E-state index is 12.4. The van der Waals surface area contributed by atoms with Crippen LogP contribution in [0.5, 0.6) is 0 Å². The molecule has 3 aromatic rings. The fourth-order valence-corrected chi connectivity index (χ4v) is 4.83. The molecule has 176 valence electrons. The van der Waals surface area contributed by atoms with Crippen molar-refractivity contribution in [2.75, 3.05) is 6.54 Å². The lowest BCUT2D eigenvalue weighted by Crippen LogP contribution is -2.33. The van der Waals surface area contributed by atoms with Crippen LogP contribution in [-0.2, 0) is 24.3 Å². The Balaban J connectivity index is 0.00000306. The molecule has 2 heterocycles. The van der Waals surface area contributed by atoms with Crippen LogP contribution in [0.2, 0.25) is 0 Å². The topological polar surface area (TPSA) is 80.0 Å². The predicted molar refractivity (Wildman–Crippen MR) is 134 cm³/mol. The Bertz CT molecular complexity index is 1170. The second kappa shape index (κ2) is 10.1. The van der Waals surface area contributed by atoms with Gasteiger partial charge in [-0.1, -0.05) is 35.6 Å². The monoisotopic (exact) mass is 468 g/mol. The van der Waals surface area contributed by atoms with Crippen molar-refractivity contribution in [2.24, 2.45) is 5.41 Å². The van der Waals surface area contributed by atoms with Crippen LogP contribution in [0.4, 0.5) is 0 Å². The van der Waals surface area contributed by atoms with Crippen molar-refractivity contribution in [3.05, 3.63) is 70.8 Å². The third kappa shape index (κ3) is 4.68. The molecule has 0 saturated carbocycles. The maximum Gasteiger partial charge on any atom is 0.310 e. The molecule has 0 radical (unpaired) electrons. The smallest absolute Gasteiger partial charge is 0.310 e. The van der Waals surface area contributed by atoms with E-state index in [1.165, 1.54) is 11.1 Å². The highest BCUT2D eigenvalue weighted by Gasteiger charge is 2.40. The van der Waals surface area contributed by atoms with Gasteiger partial charge in [-0.25, -0.2) is 4.68 Å². The van der Waals surface area contributed by atoms with Gasteiger partial charge in [-0.3, -0.25) is 4.79 Å². The molecular formula is C26H33ClN4O2. The number of aryl methyl sites for hydroxylation is 2. The molecule has 0 spiro atoms. The summed E-state index contributed by atoms with van der Waals surface area (Å²) < 4.78 is 1.93. The lowest BCUT2D eigenvalue weighted by molar-refractivity contribution is -0.147. The third-order valence-electron chi connectivity index (χ3n) is 6.79. The number of rotatable bonds is 8. The van der Waals surface area contributed by atoms with E-state index in [0.29, 0.717) is 0 Å². The van der Waals surface area contributed by atoms with E-state index in [4.69, 9.17) is 0 Å². The van der Waals surface area contributed by atoms with Crippen molar-refractivity contribution in [3.8, 4) is 0 Å². The van der Waals surface area contributed by atoms with Crippen molar-refractivity contribution < 1.29 is 9.90 Å². The fourth-order valence-electron chi connectivity index (χ4n) is 4.83. The van der Waals surface area contributed by atoms with Gasteiger partial charge in [-0.2, -0.15) is 0 Å². The second-order valence-electron chi connectivity index (χ2n) is 9.31. The van der Waals surface area contributed by atoms with Crippen LogP contribution in [0, 0.1) is 12.3 Å². The van der Waals surface area contributed by atoms with Crippen LogP contribution >= 0.6 is 12.4 Å². The zero-order valence-corrected chi connectivity index (χ0v) is 20.4. The minimum Gasteiger partial charge on any atom is -0.481 e. The molecule has 4 rings (SSSR count). The van der Waals surface area contributed by atoms with Gasteiger partial charge >= 0.3 is 5.97 Å². The molecule has 0 amide bonds. The number of aromatic nitrogens is 3. The lowest BCUT2D eigenvalue weighted by atomic mass is 9.69. The molecule has 0 aliphatic carbocycles. The number of hydrogen-bond acceptors (Lipinski definition) is 4. The fraction of sp³-hybridized carbons (Fsp3) is 0.423. The first kappa shape index (κ1) is 24.9. The number of carbonyl (C=O) groups is 1. The molecule has 0 fully saturated rings. The van der Waals surface area contributed by atoms with Gasteiger partial charge in [0, 0.05) is 19.0 Å². The summed E-state index contributed by atoms with van der Waals surface area (Å²) >= 11 is 0. The number of unbranched alkanes of at least 4 members (excludes halogenated alkanes) is 1. The van der Waals surface area contributed by atoms with Gasteiger partial charge in [-0.15, -0.1) is 24.1 Å². The SMILES string of the molecule is C=CCCCn1nnc2c(C)c(C(c3ccc4c(c3)CNCC4)C(C)(C)C(=O)O)ccc21.Cl. The summed E-state index contributed by atoms with van der Waals surface area (Å²) in [6.45, 7) is 12.0. The van der Waals surface area contributed by atoms with Gasteiger partial charge < -0.3 is 10.4 Å². The molecule has 1 aliphatic heterocycles. The number of carboxylic acids is 1. The number of benzene rings is 2. The van der Waals surface area contributed by atoms with Gasteiger partial charge in [0.05, 0.1) is 10.9 Å². The number of carboxylic acid groups (broad SMARTS) is 1. The van der Waals surface area contributed by atoms with Gasteiger partial charge in [0.25, 0.3) is 0 Å². The number of nitrogens with one attached hydrogen (secondary N) is 1. The Morgan fingerprint density at radius 1 is 1.30 bits per heavy atom. The number of nitrogens with zero attached hydrogens (tertiary/aromatic N) is 3. The van der Waals surface area contributed by atoms with Crippen molar-refractivity contribution in [3.63, 3.8) is 0 Å². The summed E-state index contributed by atoms with van der Waals surface area (Å²) in [6.07, 6.45) is 4.80. The van der Waals surface area contributed by atoms with Crippen LogP contribution in [0.15, 0.2) is 43.0 Å². The van der Waals surface area contributed by atoms with Crippen molar-refractivity contribution >= 4 is 29.4 Å². The summed E-state index contributed by atoms with van der Waals surface area (Å²) in [6, 6.07) is 10.6. The zero-order chi connectivity index (χ0) is 22.9. The minimum atomic E-state index is -0.991. The largest absolute Gasteiger partial charge is 0.481 e. The first-order chi connectivity index (χ1) is 15.3. The molecule has 6 nitrogen and oxygen atoms in total. The Kier molecular flexibility index (Phi) is 7.60. The van der Waals surface area contributed by atoms with E-state index in [0.717, 1.165) is 66.6 Å². The minimum absolute atomic E-state index is 0. The molecule has 33 heavy (non-hydrogen) atoms. The Labute approximate surface area is 201 Å². The summed E-state index contributed by atoms with van der Waals surface area (Å²) in [4.78, 5) is 12.4. The third-order valence-corrected chi connectivity index (χ3v) is 6.79. The molecule has 2 N–H and O–H groups in total. The van der Waals surface area contributed by atoms with Gasteiger partial charge in [-0.05, 0) is 80.5 Å². The molecule has 0 bridgehead atoms. The first-order valence-corrected chi connectivity index (χ1v) is 11.3. The zero-order valence-electron chi connectivity index (χ0n) is 19.6. The first-order valence-electron chi connectivity index (χ1n) is 11.3. The number of fused-ring (bicyclic) bond motifs is 2. The van der Waals surface area contributed by atoms with Crippen molar-refractivity contribution in [1.82, 2.24) is 20.3 Å². The molecular weight excluding hydrogens is 436 g/mol. The normalized spacial score (nSPS) is 14.4. The highest BCUT2D eigenvalue weighted by atomic mass is 35.5. The number of halogens is 1. The summed E-state index contributed by atoms with van der Waals surface area (Å²) in [5.41, 5.74) is 6.44. The van der Waals surface area contributed by atoms with E-state index in [-0.39, 0.29) is 18.3 Å². The molecule has 2 aromatic carbocycles. The molecule has 7 heteroatoms. The van der Waals surface area contributed by atoms with Gasteiger partial charge in [0.2, 0.25) is 0 Å². The van der Waals surface area contributed by atoms with Crippen LogP contribution in [0.3, 0.4) is 0 Å². The summed E-state index contributed by atoms with van der Waals surface area (Å²) in [7, 11) is 0. The van der Waals surface area contributed by atoms with E-state index < -0.39 is 11.4 Å². The lowest BCUT2D eigenvalue weighted by Gasteiger charge is -2.33. The molecule has 1 atom stereocenters. The van der Waals surface area contributed by atoms with Gasteiger partial charge in [0.15, 0.2) is 0 Å². The Morgan fingerprint density at radius 2 is 2.09 bits per heavy atom. The highest BCUT2D eigenvalue weighted by Crippen LogP contribution is 2.44. The number of hydrogen-bond donors (Lipinski definition) is 2.